The number of H-pyrrole nitrogens is 2. The standard InChI is InChI=1S/C33H45N2O8PSi.C32H43N2O8PSi/c1-8-19-41-29-28(43-45(33(3,4)5,23-15-11-9-12-16-23)24-17-13-10-14-18-24)27(25-20-26(25)44(38,39-6)40-7)42-31(29)35-21-22(2)30(36)34-32(35)37;1-8-20-40-28-27(42-44(32(3,4)5,24-15-11-9-12-16-24)25-17-13-10-14-18-25)26(19-21-43(37,38-6)39-7)41-30(28)34-22-23(2)29(35)33-31(34)36/h9-18,21,25-29,31H,8,19-20H2,1-7H3,(H,34,36,37);9-19,21-22,26-28,30H,8,20H2,1-7H3,(H,33,35,36)/b;21-19+/t25?,26?,27-,28+,29?,31-;26-,27+,28?,30-/m11/s1. The van der Waals surface area contributed by atoms with Crippen molar-refractivity contribution in [3.8, 4) is 0 Å². The topological polar surface area (TPSA) is 236 Å². The molecule has 482 valence electrons. The fourth-order valence-corrected chi connectivity index (χ4v) is 24.4. The van der Waals surface area contributed by atoms with Gasteiger partial charge in [0.25, 0.3) is 27.8 Å². The molecule has 3 fully saturated rings. The summed E-state index contributed by atoms with van der Waals surface area (Å²) in [6.45, 7) is 21.1. The molecule has 6 aromatic rings. The van der Waals surface area contributed by atoms with Gasteiger partial charge in [-0.3, -0.25) is 37.8 Å². The van der Waals surface area contributed by atoms with Gasteiger partial charge in [0.15, 0.2) is 12.5 Å². The zero-order valence-corrected chi connectivity index (χ0v) is 57.3. The number of rotatable bonds is 24. The lowest BCUT2D eigenvalue weighted by atomic mass is 10.1. The number of nitrogens with one attached hydrogen (secondary N) is 2. The van der Waals surface area contributed by atoms with Crippen LogP contribution in [0.5, 0.6) is 0 Å². The Balaban J connectivity index is 0.000000230. The van der Waals surface area contributed by atoms with Crippen molar-refractivity contribution in [1.82, 2.24) is 19.1 Å². The fraction of sp³-hybridized carbons (Fsp3) is 0.477. The molecular formula is C65H88N4O16P2Si2. The van der Waals surface area contributed by atoms with Crippen LogP contribution in [0.4, 0.5) is 0 Å². The number of nitrogens with zero attached hydrogens (tertiary/aromatic N) is 2. The number of ether oxygens (including phenoxy) is 4. The van der Waals surface area contributed by atoms with E-state index in [2.05, 4.69) is 100 Å². The van der Waals surface area contributed by atoms with Crippen molar-refractivity contribution in [3.63, 3.8) is 0 Å². The van der Waals surface area contributed by atoms with Gasteiger partial charge in [0.05, 0.1) is 11.8 Å². The summed E-state index contributed by atoms with van der Waals surface area (Å²) in [4.78, 5) is 55.8. The van der Waals surface area contributed by atoms with E-state index in [9.17, 15) is 28.3 Å². The maximum atomic E-state index is 13.6. The van der Waals surface area contributed by atoms with Gasteiger partial charge in [-0.25, -0.2) is 9.59 Å². The summed E-state index contributed by atoms with van der Waals surface area (Å²) < 4.78 is 92.0. The predicted octanol–water partition coefficient (Wildman–Crippen LogP) is 8.84. The van der Waals surface area contributed by atoms with Crippen molar-refractivity contribution in [2.24, 2.45) is 5.92 Å². The summed E-state index contributed by atoms with van der Waals surface area (Å²) in [5.74, 6) is 1.11. The molecule has 4 aromatic carbocycles. The molecule has 20 nitrogen and oxygen atoms in total. The van der Waals surface area contributed by atoms with Crippen LogP contribution in [0.25, 0.3) is 0 Å². The first-order valence-electron chi connectivity index (χ1n) is 30.2. The smallest absolute Gasteiger partial charge is 0.353 e. The Kier molecular flexibility index (Phi) is 22.6. The third-order valence-electron chi connectivity index (χ3n) is 16.9. The zero-order chi connectivity index (χ0) is 64.7. The second-order valence-electron chi connectivity index (χ2n) is 24.7. The monoisotopic (exact) mass is 1300 g/mol. The minimum absolute atomic E-state index is 0.240. The van der Waals surface area contributed by atoms with Crippen molar-refractivity contribution >= 4 is 52.6 Å². The zero-order valence-electron chi connectivity index (χ0n) is 53.5. The predicted molar refractivity (Wildman–Crippen MR) is 349 cm³/mol. The molecule has 0 spiro atoms. The second-order valence-corrected chi connectivity index (χ2v) is 37.8. The molecule has 89 heavy (non-hydrogen) atoms. The van der Waals surface area contributed by atoms with E-state index in [0.717, 1.165) is 27.2 Å². The molecule has 2 aliphatic heterocycles. The summed E-state index contributed by atoms with van der Waals surface area (Å²) in [7, 11) is -7.90. The van der Waals surface area contributed by atoms with Crippen LogP contribution in [0.3, 0.4) is 0 Å². The summed E-state index contributed by atoms with van der Waals surface area (Å²) in [6.07, 6.45) is 0.313. The first-order valence-corrected chi connectivity index (χ1v) is 37.2. The van der Waals surface area contributed by atoms with Gasteiger partial charge in [0.1, 0.15) is 30.5 Å². The van der Waals surface area contributed by atoms with Gasteiger partial charge in [0, 0.05) is 76.9 Å². The maximum absolute atomic E-state index is 13.6. The summed E-state index contributed by atoms with van der Waals surface area (Å²) in [6, 6.07) is 40.9. The molecular weight excluding hydrogens is 1210 g/mol. The van der Waals surface area contributed by atoms with E-state index >= 15 is 0 Å². The minimum atomic E-state index is -3.58. The van der Waals surface area contributed by atoms with Crippen molar-refractivity contribution < 1.29 is 55.0 Å². The molecule has 2 aromatic heterocycles. The van der Waals surface area contributed by atoms with Crippen LogP contribution in [0, 0.1) is 19.8 Å². The van der Waals surface area contributed by atoms with Gasteiger partial charge >= 0.3 is 26.6 Å². The molecule has 10 atom stereocenters. The first-order chi connectivity index (χ1) is 42.3. The molecule has 24 heteroatoms. The second kappa shape index (κ2) is 29.0. The average Bonchev–Trinajstić information content (AvgIpc) is 1.71. The van der Waals surface area contributed by atoms with Crippen molar-refractivity contribution in [2.75, 3.05) is 41.7 Å². The number of hydrogen-bond donors (Lipinski definition) is 2. The Morgan fingerprint density at radius 2 is 0.921 bits per heavy atom. The Bertz CT molecular complexity index is 3590. The van der Waals surface area contributed by atoms with E-state index in [0.29, 0.717) is 37.2 Å². The summed E-state index contributed by atoms with van der Waals surface area (Å²) in [5, 5.41) is 3.55. The van der Waals surface area contributed by atoms with Gasteiger partial charge in [-0.15, -0.1) is 0 Å². The Morgan fingerprint density at radius 1 is 0.551 bits per heavy atom. The highest BCUT2D eigenvalue weighted by Crippen LogP contribution is 2.67. The Hall–Kier alpha value is -5.53. The average molecular weight is 1300 g/mol. The highest BCUT2D eigenvalue weighted by molar-refractivity contribution is 7.57. The van der Waals surface area contributed by atoms with E-state index in [4.69, 9.17) is 45.9 Å². The van der Waals surface area contributed by atoms with Crippen LogP contribution in [-0.4, -0.2) is 120 Å². The molecule has 0 amide bonds. The largest absolute Gasteiger partial charge is 0.399 e. The third kappa shape index (κ3) is 14.4. The molecule has 0 radical (unpaired) electrons. The summed E-state index contributed by atoms with van der Waals surface area (Å²) >= 11 is 0. The van der Waals surface area contributed by atoms with Crippen LogP contribution >= 0.6 is 15.2 Å². The molecule has 2 saturated heterocycles. The van der Waals surface area contributed by atoms with E-state index in [-0.39, 0.29) is 16.0 Å². The number of hydrogen-bond acceptors (Lipinski definition) is 16. The van der Waals surface area contributed by atoms with E-state index in [1.807, 2.05) is 86.6 Å². The Morgan fingerprint density at radius 3 is 1.28 bits per heavy atom. The van der Waals surface area contributed by atoms with E-state index < -0.39 is 109 Å². The molecule has 4 unspecified atom stereocenters. The maximum Gasteiger partial charge on any atom is 0.353 e. The molecule has 1 aliphatic carbocycles. The van der Waals surface area contributed by atoms with Gasteiger partial charge in [-0.1, -0.05) is 177 Å². The van der Waals surface area contributed by atoms with Crippen LogP contribution in [0.2, 0.25) is 10.1 Å². The normalized spacial score (nSPS) is 23.3. The van der Waals surface area contributed by atoms with E-state index in [1.165, 1.54) is 55.8 Å². The highest BCUT2D eigenvalue weighted by atomic mass is 31.2. The van der Waals surface area contributed by atoms with Crippen LogP contribution < -0.4 is 43.2 Å². The molecule has 0 bridgehead atoms. The van der Waals surface area contributed by atoms with Crippen LogP contribution in [-0.2, 0) is 55.0 Å². The van der Waals surface area contributed by atoms with Crippen LogP contribution in [0.1, 0.15) is 98.2 Å². The van der Waals surface area contributed by atoms with Crippen molar-refractivity contribution in [1.29, 1.82) is 0 Å². The van der Waals surface area contributed by atoms with Crippen molar-refractivity contribution in [2.45, 2.75) is 153 Å². The van der Waals surface area contributed by atoms with E-state index in [1.54, 1.807) is 19.9 Å². The van der Waals surface area contributed by atoms with Crippen LogP contribution in [0.15, 0.2) is 165 Å². The highest BCUT2D eigenvalue weighted by Gasteiger charge is 2.65. The lowest BCUT2D eigenvalue weighted by molar-refractivity contribution is -0.0712. The SMILES string of the molecule is CCCOC1[C@@H](O[Si](c2ccccc2)(c2ccccc2)C(C)(C)C)[C@@H](/C=C/P(=O)(OC)OC)O[C@H]1n1cc(C)c(=O)[nH]c1=O.CCCOC1[C@@H](O[Si](c2ccccc2)(c2ccccc2)C(C)(C)C)[C@@H](C2CC2P(=O)(OC)OC)O[C@H]1n1cc(C)c(=O)[nH]c1=O. The lowest BCUT2D eigenvalue weighted by Crippen LogP contribution is -2.69. The fourth-order valence-electron chi connectivity index (χ4n) is 12.4. The number of aryl methyl sites for hydroxylation is 2. The van der Waals surface area contributed by atoms with Gasteiger partial charge in [0.2, 0.25) is 0 Å². The van der Waals surface area contributed by atoms with Gasteiger partial charge < -0.3 is 45.9 Å². The minimum Gasteiger partial charge on any atom is -0.399 e. The molecule has 3 aliphatic rings. The summed E-state index contributed by atoms with van der Waals surface area (Å²) in [5.41, 5.74) is -1.86. The van der Waals surface area contributed by atoms with Gasteiger partial charge in [-0.2, -0.15) is 0 Å². The number of aromatic nitrogens is 4. The quantitative estimate of drug-likeness (QED) is 0.0425. The third-order valence-corrected chi connectivity index (χ3v) is 30.9. The first kappa shape index (κ1) is 69.4. The molecule has 4 heterocycles. The molecule has 2 N–H and O–H groups in total. The molecule has 1 saturated carbocycles. The Labute approximate surface area is 523 Å². The number of benzene rings is 4. The van der Waals surface area contributed by atoms with Crippen molar-refractivity contribution in [3.05, 3.63) is 198 Å². The number of aromatic amines is 2. The van der Waals surface area contributed by atoms with Gasteiger partial charge in [-0.05, 0) is 70.0 Å². The molecule has 9 rings (SSSR count). The lowest BCUT2D eigenvalue weighted by Gasteiger charge is -2.46.